The Hall–Kier alpha value is -3.20. The molecule has 142 valence electrons. The topological polar surface area (TPSA) is 102 Å². The molecular weight excluding hydrogens is 376 g/mol. The molecule has 9 heteroatoms. The smallest absolute Gasteiger partial charge is 0.253 e. The number of amides is 2. The molecular formula is C19H18N6O2S. The Bertz CT molecular complexity index is 987. The summed E-state index contributed by atoms with van der Waals surface area (Å²) >= 11 is 1.23. The Labute approximate surface area is 165 Å². The minimum atomic E-state index is -0.237. The predicted molar refractivity (Wildman–Crippen MR) is 105 cm³/mol. The van der Waals surface area contributed by atoms with Crippen LogP contribution >= 0.6 is 11.8 Å². The number of carbonyl (C=O) groups is 2. The zero-order valence-electron chi connectivity index (χ0n) is 14.9. The standard InChI is InChI=1S/C19H18N6O2S/c26-17(12-28-19-22-23-24-25(19)14-6-2-1-3-7-14)21-16-9-5-4-8-15(16)18(27)20-13-10-11-13/h1-9,13H,10-12H2,(H,20,27)(H,21,26). The van der Waals surface area contributed by atoms with Crippen molar-refractivity contribution in [3.63, 3.8) is 0 Å². The Morgan fingerprint density at radius 3 is 2.61 bits per heavy atom. The van der Waals surface area contributed by atoms with Crippen LogP contribution in [0.5, 0.6) is 0 Å². The molecule has 1 aromatic heterocycles. The van der Waals surface area contributed by atoms with Crippen molar-refractivity contribution in [1.82, 2.24) is 25.5 Å². The van der Waals surface area contributed by atoms with Crippen LogP contribution in [-0.2, 0) is 4.79 Å². The van der Waals surface area contributed by atoms with Gasteiger partial charge < -0.3 is 10.6 Å². The van der Waals surface area contributed by atoms with Gasteiger partial charge in [-0.25, -0.2) is 0 Å². The van der Waals surface area contributed by atoms with Gasteiger partial charge in [0.25, 0.3) is 5.91 Å². The number of benzene rings is 2. The zero-order chi connectivity index (χ0) is 19.3. The van der Waals surface area contributed by atoms with E-state index in [9.17, 15) is 9.59 Å². The van der Waals surface area contributed by atoms with Gasteiger partial charge in [0.05, 0.1) is 22.7 Å². The van der Waals surface area contributed by atoms with Gasteiger partial charge in [-0.2, -0.15) is 4.68 Å². The normalized spacial score (nSPS) is 13.1. The molecule has 1 saturated carbocycles. The van der Waals surface area contributed by atoms with Crippen LogP contribution in [0.15, 0.2) is 59.8 Å². The molecule has 0 spiro atoms. The van der Waals surface area contributed by atoms with Gasteiger partial charge in [-0.15, -0.1) is 5.10 Å². The Morgan fingerprint density at radius 1 is 1.07 bits per heavy atom. The van der Waals surface area contributed by atoms with Crippen molar-refractivity contribution in [3.05, 3.63) is 60.2 Å². The van der Waals surface area contributed by atoms with Gasteiger partial charge in [-0.05, 0) is 47.5 Å². The van der Waals surface area contributed by atoms with Crippen LogP contribution in [0.4, 0.5) is 5.69 Å². The summed E-state index contributed by atoms with van der Waals surface area (Å²) in [5.41, 5.74) is 1.77. The Balaban J connectivity index is 1.40. The lowest BCUT2D eigenvalue weighted by Crippen LogP contribution is -2.27. The maximum atomic E-state index is 12.4. The van der Waals surface area contributed by atoms with E-state index in [1.807, 2.05) is 30.3 Å². The summed E-state index contributed by atoms with van der Waals surface area (Å²) in [6.45, 7) is 0. The van der Waals surface area contributed by atoms with E-state index in [1.54, 1.807) is 28.9 Å². The largest absolute Gasteiger partial charge is 0.349 e. The number of nitrogens with one attached hydrogen (secondary N) is 2. The number of nitrogens with zero attached hydrogens (tertiary/aromatic N) is 4. The molecule has 2 amide bonds. The number of hydrogen-bond acceptors (Lipinski definition) is 6. The summed E-state index contributed by atoms with van der Waals surface area (Å²) in [7, 11) is 0. The summed E-state index contributed by atoms with van der Waals surface area (Å²) in [6, 6.07) is 16.7. The number of anilines is 1. The van der Waals surface area contributed by atoms with Gasteiger partial charge in [-0.1, -0.05) is 42.1 Å². The summed E-state index contributed by atoms with van der Waals surface area (Å²) in [5.74, 6) is -0.287. The van der Waals surface area contributed by atoms with E-state index in [0.29, 0.717) is 16.4 Å². The van der Waals surface area contributed by atoms with E-state index >= 15 is 0 Å². The maximum absolute atomic E-state index is 12.4. The van der Waals surface area contributed by atoms with E-state index in [1.165, 1.54) is 11.8 Å². The highest BCUT2D eigenvalue weighted by Crippen LogP contribution is 2.22. The van der Waals surface area contributed by atoms with Crippen molar-refractivity contribution in [2.24, 2.45) is 0 Å². The fourth-order valence-electron chi connectivity index (χ4n) is 2.60. The third-order valence-electron chi connectivity index (χ3n) is 4.13. The van der Waals surface area contributed by atoms with E-state index in [-0.39, 0.29) is 23.6 Å². The number of hydrogen-bond donors (Lipinski definition) is 2. The van der Waals surface area contributed by atoms with E-state index in [2.05, 4.69) is 26.2 Å². The first-order valence-electron chi connectivity index (χ1n) is 8.87. The monoisotopic (exact) mass is 394 g/mol. The molecule has 0 bridgehead atoms. The third kappa shape index (κ3) is 4.37. The summed E-state index contributed by atoms with van der Waals surface area (Å²) in [5, 5.41) is 17.9. The van der Waals surface area contributed by atoms with E-state index in [4.69, 9.17) is 0 Å². The molecule has 0 unspecified atom stereocenters. The van der Waals surface area contributed by atoms with Gasteiger partial charge in [0, 0.05) is 6.04 Å². The number of aromatic nitrogens is 4. The molecule has 0 radical (unpaired) electrons. The average Bonchev–Trinajstić information content (AvgIpc) is 3.40. The molecule has 0 saturated heterocycles. The number of carbonyl (C=O) groups excluding carboxylic acids is 2. The molecule has 1 heterocycles. The van der Waals surface area contributed by atoms with Crippen molar-refractivity contribution < 1.29 is 9.59 Å². The Morgan fingerprint density at radius 2 is 1.82 bits per heavy atom. The molecule has 1 aliphatic rings. The zero-order valence-corrected chi connectivity index (χ0v) is 15.7. The lowest BCUT2D eigenvalue weighted by molar-refractivity contribution is -0.113. The van der Waals surface area contributed by atoms with Gasteiger partial charge >= 0.3 is 0 Å². The minimum Gasteiger partial charge on any atom is -0.349 e. The highest BCUT2D eigenvalue weighted by Gasteiger charge is 2.25. The van der Waals surface area contributed by atoms with Crippen LogP contribution in [0.1, 0.15) is 23.2 Å². The quantitative estimate of drug-likeness (QED) is 0.596. The second kappa shape index (κ2) is 8.22. The first-order valence-corrected chi connectivity index (χ1v) is 9.85. The summed E-state index contributed by atoms with van der Waals surface area (Å²) in [4.78, 5) is 24.8. The highest BCUT2D eigenvalue weighted by molar-refractivity contribution is 7.99. The number of para-hydroxylation sites is 2. The molecule has 0 atom stereocenters. The fraction of sp³-hybridized carbons (Fsp3) is 0.211. The third-order valence-corrected chi connectivity index (χ3v) is 5.05. The molecule has 0 aliphatic heterocycles. The van der Waals surface area contributed by atoms with E-state index in [0.717, 1.165) is 18.5 Å². The maximum Gasteiger partial charge on any atom is 0.253 e. The van der Waals surface area contributed by atoms with E-state index < -0.39 is 0 Å². The van der Waals surface area contributed by atoms with Gasteiger partial charge in [-0.3, -0.25) is 9.59 Å². The molecule has 2 aromatic carbocycles. The molecule has 2 N–H and O–H groups in total. The SMILES string of the molecule is O=C(CSc1nnnn1-c1ccccc1)Nc1ccccc1C(=O)NC1CC1. The van der Waals surface area contributed by atoms with Crippen LogP contribution in [0.25, 0.3) is 5.69 Å². The number of rotatable bonds is 7. The van der Waals surface area contributed by atoms with Crippen molar-refractivity contribution in [3.8, 4) is 5.69 Å². The Kier molecular flexibility index (Phi) is 5.34. The lowest BCUT2D eigenvalue weighted by atomic mass is 10.1. The van der Waals surface area contributed by atoms with Crippen molar-refractivity contribution in [2.45, 2.75) is 24.0 Å². The van der Waals surface area contributed by atoms with Gasteiger partial charge in [0.1, 0.15) is 0 Å². The first kappa shape index (κ1) is 18.2. The molecule has 28 heavy (non-hydrogen) atoms. The number of thioether (sulfide) groups is 1. The lowest BCUT2D eigenvalue weighted by Gasteiger charge is -2.11. The van der Waals surface area contributed by atoms with Crippen molar-refractivity contribution in [1.29, 1.82) is 0 Å². The van der Waals surface area contributed by atoms with Gasteiger partial charge in [0.15, 0.2) is 0 Å². The second-order valence-electron chi connectivity index (χ2n) is 6.34. The summed E-state index contributed by atoms with van der Waals surface area (Å²) in [6.07, 6.45) is 2.01. The highest BCUT2D eigenvalue weighted by atomic mass is 32.2. The van der Waals surface area contributed by atoms with Crippen LogP contribution in [0, 0.1) is 0 Å². The van der Waals surface area contributed by atoms with Crippen LogP contribution < -0.4 is 10.6 Å². The van der Waals surface area contributed by atoms with Gasteiger partial charge in [0.2, 0.25) is 11.1 Å². The summed E-state index contributed by atoms with van der Waals surface area (Å²) < 4.78 is 1.58. The number of tetrazole rings is 1. The molecule has 4 rings (SSSR count). The molecule has 3 aromatic rings. The van der Waals surface area contributed by atoms with Crippen LogP contribution in [-0.4, -0.2) is 43.8 Å². The average molecular weight is 394 g/mol. The van der Waals surface area contributed by atoms with Crippen LogP contribution in [0.3, 0.4) is 0 Å². The van der Waals surface area contributed by atoms with Crippen molar-refractivity contribution in [2.75, 3.05) is 11.1 Å². The van der Waals surface area contributed by atoms with Crippen molar-refractivity contribution >= 4 is 29.3 Å². The van der Waals surface area contributed by atoms with Crippen LogP contribution in [0.2, 0.25) is 0 Å². The first-order chi connectivity index (χ1) is 13.7. The molecule has 8 nitrogen and oxygen atoms in total. The fourth-order valence-corrected chi connectivity index (χ4v) is 3.29. The predicted octanol–water partition coefficient (Wildman–Crippen LogP) is 2.29. The minimum absolute atomic E-state index is 0.117. The second-order valence-corrected chi connectivity index (χ2v) is 7.28. The molecule has 1 aliphatic carbocycles. The molecule has 1 fully saturated rings.